The van der Waals surface area contributed by atoms with E-state index in [9.17, 15) is 0 Å². The van der Waals surface area contributed by atoms with Gasteiger partial charge in [0.05, 0.1) is 0 Å². The van der Waals surface area contributed by atoms with Gasteiger partial charge in [0.2, 0.25) is 0 Å². The van der Waals surface area contributed by atoms with Crippen LogP contribution in [-0.4, -0.2) is 6.04 Å². The summed E-state index contributed by atoms with van der Waals surface area (Å²) in [4.78, 5) is 0. The number of halogens is 2. The van der Waals surface area contributed by atoms with E-state index in [1.54, 1.807) is 0 Å². The quantitative estimate of drug-likeness (QED) is 0.853. The van der Waals surface area contributed by atoms with Crippen molar-refractivity contribution in [3.8, 4) is 0 Å². The minimum absolute atomic E-state index is 0.634. The Hall–Kier alpha value is -0.240. The van der Waals surface area contributed by atoms with E-state index in [-0.39, 0.29) is 0 Å². The van der Waals surface area contributed by atoms with Gasteiger partial charge in [-0.25, -0.2) is 0 Å². The molecule has 0 aromatic heterocycles. The van der Waals surface area contributed by atoms with Gasteiger partial charge in [-0.2, -0.15) is 0 Å². The normalized spacial score (nSPS) is 24.9. The van der Waals surface area contributed by atoms with Crippen LogP contribution in [0.5, 0.6) is 0 Å². The monoisotopic (exact) mass is 257 g/mol. The van der Waals surface area contributed by atoms with Crippen molar-refractivity contribution in [2.45, 2.75) is 38.8 Å². The van der Waals surface area contributed by atoms with Crippen LogP contribution in [0.25, 0.3) is 0 Å². The molecule has 2 rings (SSSR count). The molecule has 0 bridgehead atoms. The summed E-state index contributed by atoms with van der Waals surface area (Å²) in [7, 11) is 0. The van der Waals surface area contributed by atoms with Crippen LogP contribution in [-0.2, 0) is 6.54 Å². The second-order valence-corrected chi connectivity index (χ2v) is 5.47. The third-order valence-electron chi connectivity index (χ3n) is 3.42. The Labute approximate surface area is 107 Å². The molecule has 1 nitrogen and oxygen atoms in total. The van der Waals surface area contributed by atoms with Gasteiger partial charge >= 0.3 is 0 Å². The lowest BCUT2D eigenvalue weighted by Gasteiger charge is -2.17. The Morgan fingerprint density at radius 2 is 2.12 bits per heavy atom. The van der Waals surface area contributed by atoms with Crippen LogP contribution in [0.3, 0.4) is 0 Å². The Balaban J connectivity index is 1.96. The van der Waals surface area contributed by atoms with Gasteiger partial charge in [0.15, 0.2) is 0 Å². The lowest BCUT2D eigenvalue weighted by atomic mass is 10.1. The average Bonchev–Trinajstić information content (AvgIpc) is 2.66. The van der Waals surface area contributed by atoms with Crippen LogP contribution in [0.1, 0.15) is 31.7 Å². The number of hydrogen-bond acceptors (Lipinski definition) is 1. The van der Waals surface area contributed by atoms with Gasteiger partial charge in [-0.05, 0) is 42.5 Å². The van der Waals surface area contributed by atoms with Crippen LogP contribution in [0.2, 0.25) is 10.0 Å². The molecule has 2 atom stereocenters. The van der Waals surface area contributed by atoms with E-state index in [0.29, 0.717) is 6.04 Å². The highest BCUT2D eigenvalue weighted by Crippen LogP contribution is 2.26. The zero-order valence-electron chi connectivity index (χ0n) is 9.47. The molecule has 0 saturated heterocycles. The predicted octanol–water partition coefficient (Wildman–Crippen LogP) is 4.27. The fourth-order valence-corrected chi connectivity index (χ4v) is 2.75. The summed E-state index contributed by atoms with van der Waals surface area (Å²) < 4.78 is 0. The first-order valence-electron chi connectivity index (χ1n) is 5.84. The highest BCUT2D eigenvalue weighted by molar-refractivity contribution is 6.33. The van der Waals surface area contributed by atoms with E-state index in [2.05, 4.69) is 12.2 Å². The first kappa shape index (κ1) is 12.2. The molecule has 0 amide bonds. The van der Waals surface area contributed by atoms with Crippen LogP contribution in [0.15, 0.2) is 18.2 Å². The van der Waals surface area contributed by atoms with Crippen molar-refractivity contribution in [3.63, 3.8) is 0 Å². The zero-order chi connectivity index (χ0) is 11.5. The number of hydrogen-bond donors (Lipinski definition) is 1. The Morgan fingerprint density at radius 1 is 1.31 bits per heavy atom. The van der Waals surface area contributed by atoms with Gasteiger partial charge in [-0.15, -0.1) is 0 Å². The van der Waals surface area contributed by atoms with Gasteiger partial charge in [0, 0.05) is 22.6 Å². The topological polar surface area (TPSA) is 12.0 Å². The number of nitrogens with one attached hydrogen (secondary N) is 1. The summed E-state index contributed by atoms with van der Waals surface area (Å²) in [5.74, 6) is 0.776. The second kappa shape index (κ2) is 5.39. The summed E-state index contributed by atoms with van der Waals surface area (Å²) in [6.45, 7) is 3.12. The third-order valence-corrected chi connectivity index (χ3v) is 4.03. The molecule has 1 N–H and O–H groups in total. The summed E-state index contributed by atoms with van der Waals surface area (Å²) in [6.07, 6.45) is 3.95. The lowest BCUT2D eigenvalue weighted by molar-refractivity contribution is 0.426. The van der Waals surface area contributed by atoms with E-state index >= 15 is 0 Å². The van der Waals surface area contributed by atoms with Gasteiger partial charge in [0.1, 0.15) is 0 Å². The predicted molar refractivity (Wildman–Crippen MR) is 70.1 cm³/mol. The van der Waals surface area contributed by atoms with Crippen LogP contribution < -0.4 is 5.32 Å². The van der Waals surface area contributed by atoms with E-state index in [0.717, 1.165) is 28.1 Å². The van der Waals surface area contributed by atoms with Crippen molar-refractivity contribution in [2.24, 2.45) is 5.92 Å². The second-order valence-electron chi connectivity index (χ2n) is 4.63. The van der Waals surface area contributed by atoms with Gasteiger partial charge in [-0.3, -0.25) is 0 Å². The summed E-state index contributed by atoms with van der Waals surface area (Å²) >= 11 is 12.1. The van der Waals surface area contributed by atoms with Crippen molar-refractivity contribution in [2.75, 3.05) is 0 Å². The SMILES string of the molecule is CC1CCCC1NCc1cc(Cl)ccc1Cl. The molecule has 1 aliphatic carbocycles. The standard InChI is InChI=1S/C13H17Cl2N/c1-9-3-2-4-13(9)16-8-10-7-11(14)5-6-12(10)15/h5-7,9,13,16H,2-4,8H2,1H3. The maximum Gasteiger partial charge on any atom is 0.0451 e. The highest BCUT2D eigenvalue weighted by atomic mass is 35.5. The third kappa shape index (κ3) is 2.91. The molecule has 1 aromatic rings. The van der Waals surface area contributed by atoms with E-state index < -0.39 is 0 Å². The largest absolute Gasteiger partial charge is 0.310 e. The van der Waals surface area contributed by atoms with Crippen molar-refractivity contribution in [1.29, 1.82) is 0 Å². The molecular weight excluding hydrogens is 241 g/mol. The lowest BCUT2D eigenvalue weighted by Crippen LogP contribution is -2.30. The van der Waals surface area contributed by atoms with E-state index in [1.165, 1.54) is 19.3 Å². The van der Waals surface area contributed by atoms with E-state index in [4.69, 9.17) is 23.2 Å². The van der Waals surface area contributed by atoms with Crippen LogP contribution >= 0.6 is 23.2 Å². The Kier molecular flexibility index (Phi) is 4.12. The summed E-state index contributed by atoms with van der Waals surface area (Å²) in [5.41, 5.74) is 1.09. The summed E-state index contributed by atoms with van der Waals surface area (Å²) in [5, 5.41) is 5.12. The molecule has 1 saturated carbocycles. The van der Waals surface area contributed by atoms with Crippen molar-refractivity contribution >= 4 is 23.2 Å². The number of rotatable bonds is 3. The van der Waals surface area contributed by atoms with Crippen LogP contribution in [0, 0.1) is 5.92 Å². The van der Waals surface area contributed by atoms with Gasteiger partial charge < -0.3 is 5.32 Å². The first-order chi connectivity index (χ1) is 7.66. The van der Waals surface area contributed by atoms with Crippen LogP contribution in [0.4, 0.5) is 0 Å². The molecule has 0 spiro atoms. The molecule has 1 aromatic carbocycles. The Bertz CT molecular complexity index is 365. The van der Waals surface area contributed by atoms with E-state index in [1.807, 2.05) is 18.2 Å². The minimum Gasteiger partial charge on any atom is -0.310 e. The molecule has 1 aliphatic rings. The molecule has 2 unspecified atom stereocenters. The maximum atomic E-state index is 6.12. The molecule has 1 fully saturated rings. The van der Waals surface area contributed by atoms with Crippen molar-refractivity contribution in [1.82, 2.24) is 5.32 Å². The van der Waals surface area contributed by atoms with Crippen molar-refractivity contribution < 1.29 is 0 Å². The fraction of sp³-hybridized carbons (Fsp3) is 0.538. The molecule has 3 heteroatoms. The molecule has 16 heavy (non-hydrogen) atoms. The first-order valence-corrected chi connectivity index (χ1v) is 6.59. The smallest absolute Gasteiger partial charge is 0.0451 e. The fourth-order valence-electron chi connectivity index (χ4n) is 2.37. The van der Waals surface area contributed by atoms with Gasteiger partial charge in [0.25, 0.3) is 0 Å². The minimum atomic E-state index is 0.634. The number of benzene rings is 1. The molecular formula is C13H17Cl2N. The zero-order valence-corrected chi connectivity index (χ0v) is 11.0. The van der Waals surface area contributed by atoms with Crippen molar-refractivity contribution in [3.05, 3.63) is 33.8 Å². The molecule has 0 aliphatic heterocycles. The Morgan fingerprint density at radius 3 is 2.81 bits per heavy atom. The molecule has 88 valence electrons. The summed E-state index contributed by atoms with van der Waals surface area (Å²) in [6, 6.07) is 6.26. The average molecular weight is 258 g/mol. The molecule has 0 heterocycles. The maximum absolute atomic E-state index is 6.12. The van der Waals surface area contributed by atoms with Gasteiger partial charge in [-0.1, -0.05) is 36.5 Å². The highest BCUT2D eigenvalue weighted by Gasteiger charge is 2.22. The molecule has 0 radical (unpaired) electrons.